The number of ether oxygens (including phenoxy) is 1. The third-order valence-electron chi connectivity index (χ3n) is 4.21. The second kappa shape index (κ2) is 8.62. The van der Waals surface area contributed by atoms with E-state index in [0.29, 0.717) is 12.6 Å². The van der Waals surface area contributed by atoms with Gasteiger partial charge in [0, 0.05) is 25.7 Å². The zero-order valence-corrected chi connectivity index (χ0v) is 14.6. The van der Waals surface area contributed by atoms with Gasteiger partial charge in [0.2, 0.25) is 0 Å². The summed E-state index contributed by atoms with van der Waals surface area (Å²) in [5.74, 6) is 0.879. The number of likely N-dealkylation sites (N-methyl/N-ethyl adjacent to an activating group) is 1. The molecule has 1 N–H and O–H groups in total. The molecule has 1 fully saturated rings. The van der Waals surface area contributed by atoms with Crippen molar-refractivity contribution in [3.05, 3.63) is 0 Å². The van der Waals surface area contributed by atoms with Crippen LogP contribution in [0.4, 0.5) is 4.79 Å². The van der Waals surface area contributed by atoms with E-state index in [1.807, 2.05) is 27.7 Å². The molecule has 0 heterocycles. The number of hydrogen-bond acceptors (Lipinski definition) is 3. The lowest BCUT2D eigenvalue weighted by Gasteiger charge is -2.31. The Bertz CT molecular complexity index is 312. The van der Waals surface area contributed by atoms with Crippen molar-refractivity contribution in [3.63, 3.8) is 0 Å². The Balaban J connectivity index is 2.30. The Kier molecular flexibility index (Phi) is 7.50. The van der Waals surface area contributed by atoms with Gasteiger partial charge in [0.05, 0.1) is 0 Å². The van der Waals surface area contributed by atoms with Gasteiger partial charge in [-0.2, -0.15) is 0 Å². The molecule has 1 saturated carbocycles. The van der Waals surface area contributed by atoms with Crippen LogP contribution in [-0.2, 0) is 4.74 Å². The van der Waals surface area contributed by atoms with Crippen LogP contribution in [0, 0.1) is 5.92 Å². The highest BCUT2D eigenvalue weighted by atomic mass is 16.6. The number of nitrogens with one attached hydrogen (secondary N) is 1. The van der Waals surface area contributed by atoms with E-state index < -0.39 is 5.60 Å². The van der Waals surface area contributed by atoms with Gasteiger partial charge in [0.25, 0.3) is 0 Å². The molecule has 2 unspecified atom stereocenters. The summed E-state index contributed by atoms with van der Waals surface area (Å²) in [7, 11) is 0. The van der Waals surface area contributed by atoms with Crippen LogP contribution < -0.4 is 5.32 Å². The van der Waals surface area contributed by atoms with Crippen molar-refractivity contribution in [2.24, 2.45) is 5.92 Å². The minimum atomic E-state index is -0.421. The lowest BCUT2D eigenvalue weighted by Crippen LogP contribution is -2.43. The van der Waals surface area contributed by atoms with Crippen LogP contribution in [0.25, 0.3) is 0 Å². The van der Waals surface area contributed by atoms with Gasteiger partial charge in [-0.05, 0) is 46.5 Å². The molecule has 0 aromatic rings. The molecule has 4 nitrogen and oxygen atoms in total. The predicted molar refractivity (Wildman–Crippen MR) is 87.5 cm³/mol. The van der Waals surface area contributed by atoms with Crippen LogP contribution in [0.3, 0.4) is 0 Å². The summed E-state index contributed by atoms with van der Waals surface area (Å²) in [6.45, 7) is 12.3. The molecule has 0 aromatic carbocycles. The first-order valence-electron chi connectivity index (χ1n) is 8.57. The maximum atomic E-state index is 12.0. The largest absolute Gasteiger partial charge is 0.444 e. The molecule has 0 bridgehead atoms. The smallest absolute Gasteiger partial charge is 0.410 e. The average Bonchev–Trinajstić information content (AvgIpc) is 2.42. The summed E-state index contributed by atoms with van der Waals surface area (Å²) in [4.78, 5) is 13.8. The molecule has 0 spiro atoms. The Morgan fingerprint density at radius 1 is 1.29 bits per heavy atom. The molecule has 1 amide bonds. The minimum Gasteiger partial charge on any atom is -0.444 e. The molecule has 1 aliphatic rings. The fraction of sp³-hybridized carbons (Fsp3) is 0.941. The SMILES string of the molecule is CCC1CCCC(NCCN(CC)C(=O)OC(C)(C)C)C1. The normalized spacial score (nSPS) is 22.9. The fourth-order valence-corrected chi connectivity index (χ4v) is 2.96. The zero-order valence-electron chi connectivity index (χ0n) is 14.6. The zero-order chi connectivity index (χ0) is 15.9. The van der Waals surface area contributed by atoms with E-state index in [9.17, 15) is 4.79 Å². The third-order valence-corrected chi connectivity index (χ3v) is 4.21. The van der Waals surface area contributed by atoms with E-state index in [2.05, 4.69) is 12.2 Å². The van der Waals surface area contributed by atoms with Crippen LogP contribution in [0.1, 0.15) is 66.7 Å². The van der Waals surface area contributed by atoms with Gasteiger partial charge in [-0.25, -0.2) is 4.79 Å². The second-order valence-electron chi connectivity index (χ2n) is 7.15. The average molecular weight is 298 g/mol. The summed E-state index contributed by atoms with van der Waals surface area (Å²) in [5, 5.41) is 3.62. The maximum absolute atomic E-state index is 12.0. The highest BCUT2D eigenvalue weighted by molar-refractivity contribution is 5.68. The summed E-state index contributed by atoms with van der Waals surface area (Å²) >= 11 is 0. The number of hydrogen-bond donors (Lipinski definition) is 1. The molecular weight excluding hydrogens is 264 g/mol. The van der Waals surface area contributed by atoms with E-state index >= 15 is 0 Å². The van der Waals surface area contributed by atoms with Crippen molar-refractivity contribution in [2.75, 3.05) is 19.6 Å². The van der Waals surface area contributed by atoms with Crippen LogP contribution in [0.15, 0.2) is 0 Å². The Morgan fingerprint density at radius 2 is 2.00 bits per heavy atom. The predicted octanol–water partition coefficient (Wildman–Crippen LogP) is 3.80. The first-order valence-corrected chi connectivity index (χ1v) is 8.57. The van der Waals surface area contributed by atoms with Gasteiger partial charge in [-0.1, -0.05) is 26.2 Å². The lowest BCUT2D eigenvalue weighted by molar-refractivity contribution is 0.0260. The molecule has 1 rings (SSSR count). The number of nitrogens with zero attached hydrogens (tertiary/aromatic N) is 1. The number of carbonyl (C=O) groups is 1. The monoisotopic (exact) mass is 298 g/mol. The molecule has 0 saturated heterocycles. The summed E-state index contributed by atoms with van der Waals surface area (Å²) in [6, 6.07) is 0.626. The standard InChI is InChI=1S/C17H34N2O2/c1-6-14-9-8-10-15(13-14)18-11-12-19(7-2)16(20)21-17(3,4)5/h14-15,18H,6-13H2,1-5H3. The van der Waals surface area contributed by atoms with Crippen LogP contribution in [0.5, 0.6) is 0 Å². The summed E-state index contributed by atoms with van der Waals surface area (Å²) < 4.78 is 5.43. The first-order chi connectivity index (χ1) is 9.85. The van der Waals surface area contributed by atoms with E-state index in [4.69, 9.17) is 4.74 Å². The number of carbonyl (C=O) groups excluding carboxylic acids is 1. The van der Waals surface area contributed by atoms with Crippen molar-refractivity contribution < 1.29 is 9.53 Å². The molecule has 0 aromatic heterocycles. The Hall–Kier alpha value is -0.770. The van der Waals surface area contributed by atoms with E-state index in [1.165, 1.54) is 32.1 Å². The van der Waals surface area contributed by atoms with Crippen LogP contribution >= 0.6 is 0 Å². The van der Waals surface area contributed by atoms with Gasteiger partial charge in [0.1, 0.15) is 5.60 Å². The fourth-order valence-electron chi connectivity index (χ4n) is 2.96. The highest BCUT2D eigenvalue weighted by Gasteiger charge is 2.22. The molecule has 0 radical (unpaired) electrons. The van der Waals surface area contributed by atoms with Crippen molar-refractivity contribution in [1.82, 2.24) is 10.2 Å². The molecule has 0 aliphatic heterocycles. The summed E-state index contributed by atoms with van der Waals surface area (Å²) in [6.07, 6.45) is 6.36. The van der Waals surface area contributed by atoms with Crippen molar-refractivity contribution in [2.45, 2.75) is 78.4 Å². The molecule has 1 aliphatic carbocycles. The Morgan fingerprint density at radius 3 is 2.57 bits per heavy atom. The Labute approximate surface area is 130 Å². The lowest BCUT2D eigenvalue weighted by atomic mass is 9.84. The van der Waals surface area contributed by atoms with Crippen LogP contribution in [0.2, 0.25) is 0 Å². The minimum absolute atomic E-state index is 0.207. The van der Waals surface area contributed by atoms with Gasteiger partial charge in [-0.15, -0.1) is 0 Å². The van der Waals surface area contributed by atoms with E-state index in [0.717, 1.165) is 19.0 Å². The van der Waals surface area contributed by atoms with Crippen molar-refractivity contribution >= 4 is 6.09 Å². The van der Waals surface area contributed by atoms with E-state index in [-0.39, 0.29) is 6.09 Å². The number of rotatable bonds is 6. The van der Waals surface area contributed by atoms with Gasteiger partial charge < -0.3 is 15.0 Å². The molecule has 2 atom stereocenters. The van der Waals surface area contributed by atoms with Crippen molar-refractivity contribution in [3.8, 4) is 0 Å². The quantitative estimate of drug-likeness (QED) is 0.811. The number of amides is 1. The highest BCUT2D eigenvalue weighted by Crippen LogP contribution is 2.26. The maximum Gasteiger partial charge on any atom is 0.410 e. The molecule has 124 valence electrons. The molecule has 4 heteroatoms. The second-order valence-corrected chi connectivity index (χ2v) is 7.15. The van der Waals surface area contributed by atoms with Gasteiger partial charge in [0.15, 0.2) is 0 Å². The third kappa shape index (κ3) is 7.16. The van der Waals surface area contributed by atoms with Crippen molar-refractivity contribution in [1.29, 1.82) is 0 Å². The van der Waals surface area contributed by atoms with Gasteiger partial charge >= 0.3 is 6.09 Å². The molecular formula is C17H34N2O2. The van der Waals surface area contributed by atoms with Crippen LogP contribution in [-0.4, -0.2) is 42.3 Å². The topological polar surface area (TPSA) is 41.6 Å². The van der Waals surface area contributed by atoms with E-state index in [1.54, 1.807) is 4.90 Å². The summed E-state index contributed by atoms with van der Waals surface area (Å²) in [5.41, 5.74) is -0.421. The first kappa shape index (κ1) is 18.3. The molecule has 21 heavy (non-hydrogen) atoms. The van der Waals surface area contributed by atoms with Gasteiger partial charge in [-0.3, -0.25) is 0 Å².